The van der Waals surface area contributed by atoms with Crippen LogP contribution in [0.2, 0.25) is 0 Å². The molecule has 0 rings (SSSR count). The molecule has 0 aliphatic heterocycles. The first-order valence-corrected chi connectivity index (χ1v) is 6.45. The van der Waals surface area contributed by atoms with E-state index in [1.54, 1.807) is 0 Å². The molecule has 13 heavy (non-hydrogen) atoms. The highest BCUT2D eigenvalue weighted by Gasteiger charge is 2.08. The second kappa shape index (κ2) is 8.85. The van der Waals surface area contributed by atoms with Gasteiger partial charge < -0.3 is 10.4 Å². The van der Waals surface area contributed by atoms with Crippen LogP contribution in [0.4, 0.5) is 0 Å². The van der Waals surface area contributed by atoms with Crippen LogP contribution in [0.3, 0.4) is 0 Å². The summed E-state index contributed by atoms with van der Waals surface area (Å²) in [5.74, 6) is 1.62. The molecule has 2 nitrogen and oxygen atoms in total. The molecule has 2 N–H and O–H groups in total. The zero-order valence-corrected chi connectivity index (χ0v) is 9.86. The summed E-state index contributed by atoms with van der Waals surface area (Å²) in [6, 6.07) is 0.430. The largest absolute Gasteiger partial charge is 0.396 e. The van der Waals surface area contributed by atoms with Gasteiger partial charge in [0, 0.05) is 12.6 Å². The third kappa shape index (κ3) is 7.35. The predicted octanol–water partition coefficient (Wildman–Crippen LogP) is 1.74. The molecule has 0 fully saturated rings. The highest BCUT2D eigenvalue weighted by atomic mass is 32.2. The van der Waals surface area contributed by atoms with Crippen LogP contribution >= 0.6 is 11.8 Å². The molecule has 0 aliphatic carbocycles. The van der Waals surface area contributed by atoms with Crippen LogP contribution in [0.25, 0.3) is 0 Å². The Bertz CT molecular complexity index is 111. The van der Waals surface area contributed by atoms with Crippen molar-refractivity contribution in [2.75, 3.05) is 25.2 Å². The van der Waals surface area contributed by atoms with Gasteiger partial charge in [0.25, 0.3) is 0 Å². The summed E-state index contributed by atoms with van der Waals surface area (Å²) in [6.45, 7) is 5.56. The Hall–Kier alpha value is 0.270. The van der Waals surface area contributed by atoms with Crippen LogP contribution in [0.15, 0.2) is 0 Å². The standard InChI is InChI=1S/C10H23NOS/c1-9(8-12)10(2)11-6-4-5-7-13-3/h9-12H,4-8H2,1-3H3. The van der Waals surface area contributed by atoms with Crippen molar-refractivity contribution in [1.29, 1.82) is 0 Å². The first-order chi connectivity index (χ1) is 6.22. The molecule has 3 heteroatoms. The molecule has 0 radical (unpaired) electrons. The van der Waals surface area contributed by atoms with Gasteiger partial charge in [-0.2, -0.15) is 11.8 Å². The molecule has 0 amide bonds. The molecule has 0 heterocycles. The van der Waals surface area contributed by atoms with Crippen LogP contribution in [0, 0.1) is 5.92 Å². The van der Waals surface area contributed by atoms with Gasteiger partial charge in [0.05, 0.1) is 0 Å². The van der Waals surface area contributed by atoms with Crippen molar-refractivity contribution in [1.82, 2.24) is 5.32 Å². The number of aliphatic hydroxyl groups is 1. The van der Waals surface area contributed by atoms with Crippen LogP contribution in [-0.4, -0.2) is 36.3 Å². The number of hydrogen-bond acceptors (Lipinski definition) is 3. The number of thioether (sulfide) groups is 1. The van der Waals surface area contributed by atoms with Crippen LogP contribution < -0.4 is 5.32 Å². The summed E-state index contributed by atoms with van der Waals surface area (Å²) in [7, 11) is 0. The zero-order chi connectivity index (χ0) is 10.1. The lowest BCUT2D eigenvalue weighted by Crippen LogP contribution is -2.34. The summed E-state index contributed by atoms with van der Waals surface area (Å²) in [5, 5.41) is 12.3. The van der Waals surface area contributed by atoms with E-state index in [1.807, 2.05) is 11.8 Å². The third-order valence-electron chi connectivity index (χ3n) is 2.38. The van der Waals surface area contributed by atoms with Crippen molar-refractivity contribution >= 4 is 11.8 Å². The molecular formula is C10H23NOS. The monoisotopic (exact) mass is 205 g/mol. The van der Waals surface area contributed by atoms with Gasteiger partial charge in [-0.15, -0.1) is 0 Å². The van der Waals surface area contributed by atoms with Crippen molar-refractivity contribution in [3.8, 4) is 0 Å². The predicted molar refractivity (Wildman–Crippen MR) is 61.3 cm³/mol. The van der Waals surface area contributed by atoms with Crippen molar-refractivity contribution in [2.45, 2.75) is 32.7 Å². The second-order valence-electron chi connectivity index (χ2n) is 3.60. The summed E-state index contributed by atoms with van der Waals surface area (Å²) >= 11 is 1.90. The van der Waals surface area contributed by atoms with E-state index < -0.39 is 0 Å². The minimum Gasteiger partial charge on any atom is -0.396 e. The summed E-state index contributed by atoms with van der Waals surface area (Å²) < 4.78 is 0. The molecule has 0 saturated heterocycles. The Morgan fingerprint density at radius 2 is 2.00 bits per heavy atom. The van der Waals surface area contributed by atoms with Gasteiger partial charge in [-0.3, -0.25) is 0 Å². The number of unbranched alkanes of at least 4 members (excludes halogenated alkanes) is 1. The Kier molecular flexibility index (Phi) is 9.03. The van der Waals surface area contributed by atoms with Crippen molar-refractivity contribution in [3.63, 3.8) is 0 Å². The first kappa shape index (κ1) is 13.3. The minimum atomic E-state index is 0.277. The fourth-order valence-corrected chi connectivity index (χ4v) is 1.55. The van der Waals surface area contributed by atoms with Crippen molar-refractivity contribution in [2.24, 2.45) is 5.92 Å². The van der Waals surface area contributed by atoms with Gasteiger partial charge in [-0.1, -0.05) is 6.92 Å². The van der Waals surface area contributed by atoms with Gasteiger partial charge >= 0.3 is 0 Å². The molecular weight excluding hydrogens is 182 g/mol. The summed E-state index contributed by atoms with van der Waals surface area (Å²) in [4.78, 5) is 0. The third-order valence-corrected chi connectivity index (χ3v) is 3.08. The Morgan fingerprint density at radius 1 is 1.31 bits per heavy atom. The van der Waals surface area contributed by atoms with Gasteiger partial charge in [-0.05, 0) is 44.2 Å². The molecule has 0 bridgehead atoms. The van der Waals surface area contributed by atoms with Gasteiger partial charge in [0.15, 0.2) is 0 Å². The lowest BCUT2D eigenvalue weighted by atomic mass is 10.1. The molecule has 0 spiro atoms. The Morgan fingerprint density at radius 3 is 2.54 bits per heavy atom. The zero-order valence-electron chi connectivity index (χ0n) is 9.05. The van der Waals surface area contributed by atoms with Gasteiger partial charge in [0.1, 0.15) is 0 Å². The number of rotatable bonds is 8. The summed E-state index contributed by atoms with van der Waals surface area (Å²) in [6.07, 6.45) is 4.67. The Balaban J connectivity index is 3.21. The van der Waals surface area contributed by atoms with E-state index in [4.69, 9.17) is 5.11 Å². The lowest BCUT2D eigenvalue weighted by molar-refractivity contribution is 0.207. The first-order valence-electron chi connectivity index (χ1n) is 5.05. The molecule has 80 valence electrons. The van der Waals surface area contributed by atoms with E-state index in [0.29, 0.717) is 12.0 Å². The molecule has 0 aromatic rings. The average molecular weight is 205 g/mol. The highest BCUT2D eigenvalue weighted by molar-refractivity contribution is 7.98. The molecule has 0 aliphatic rings. The molecule has 2 unspecified atom stereocenters. The minimum absolute atomic E-state index is 0.277. The molecule has 2 atom stereocenters. The van der Waals surface area contributed by atoms with E-state index in [9.17, 15) is 0 Å². The van der Waals surface area contributed by atoms with Gasteiger partial charge in [-0.25, -0.2) is 0 Å². The molecule has 0 aromatic heterocycles. The van der Waals surface area contributed by atoms with E-state index in [2.05, 4.69) is 25.4 Å². The van der Waals surface area contributed by atoms with Crippen LogP contribution in [-0.2, 0) is 0 Å². The van der Waals surface area contributed by atoms with E-state index >= 15 is 0 Å². The fourth-order valence-electron chi connectivity index (χ4n) is 1.06. The molecule has 0 saturated carbocycles. The smallest absolute Gasteiger partial charge is 0.0471 e. The van der Waals surface area contributed by atoms with E-state index in [1.165, 1.54) is 18.6 Å². The molecule has 0 aromatic carbocycles. The maximum Gasteiger partial charge on any atom is 0.0471 e. The highest BCUT2D eigenvalue weighted by Crippen LogP contribution is 2.02. The van der Waals surface area contributed by atoms with Crippen LogP contribution in [0.5, 0.6) is 0 Å². The normalized spacial score (nSPS) is 15.7. The van der Waals surface area contributed by atoms with Crippen molar-refractivity contribution in [3.05, 3.63) is 0 Å². The number of hydrogen-bond donors (Lipinski definition) is 2. The average Bonchev–Trinajstić information content (AvgIpc) is 2.16. The topological polar surface area (TPSA) is 32.3 Å². The Labute approximate surface area is 86.5 Å². The number of aliphatic hydroxyl groups excluding tert-OH is 1. The van der Waals surface area contributed by atoms with Crippen molar-refractivity contribution < 1.29 is 5.11 Å². The second-order valence-corrected chi connectivity index (χ2v) is 4.59. The SMILES string of the molecule is CSCCCCNC(C)C(C)CO. The van der Waals surface area contributed by atoms with E-state index in [-0.39, 0.29) is 6.61 Å². The quantitative estimate of drug-likeness (QED) is 0.592. The number of nitrogens with one attached hydrogen (secondary N) is 1. The van der Waals surface area contributed by atoms with Crippen LogP contribution in [0.1, 0.15) is 26.7 Å². The lowest BCUT2D eigenvalue weighted by Gasteiger charge is -2.18. The maximum atomic E-state index is 8.90. The van der Waals surface area contributed by atoms with E-state index in [0.717, 1.165) is 6.54 Å². The fraction of sp³-hybridized carbons (Fsp3) is 1.00. The van der Waals surface area contributed by atoms with Gasteiger partial charge in [0.2, 0.25) is 0 Å². The summed E-state index contributed by atoms with van der Waals surface area (Å²) in [5.41, 5.74) is 0. The maximum absolute atomic E-state index is 8.90.